The van der Waals surface area contributed by atoms with Gasteiger partial charge in [-0.05, 0) is 24.8 Å². The highest BCUT2D eigenvalue weighted by molar-refractivity contribution is 8.02. The number of allylic oxidation sites excluding steroid dienone is 3. The molecule has 0 saturated carbocycles. The van der Waals surface area contributed by atoms with Crippen molar-refractivity contribution in [1.82, 2.24) is 4.90 Å². The summed E-state index contributed by atoms with van der Waals surface area (Å²) in [6.07, 6.45) is 3.86. The fraction of sp³-hybridized carbons (Fsp3) is 0.250. The lowest BCUT2D eigenvalue weighted by Gasteiger charge is -2.16. The van der Waals surface area contributed by atoms with Gasteiger partial charge in [0.15, 0.2) is 0 Å². The molecule has 0 aromatic heterocycles. The molecule has 0 heterocycles. The highest BCUT2D eigenvalue weighted by Gasteiger charge is 2.09. The van der Waals surface area contributed by atoms with Crippen LogP contribution in [0.15, 0.2) is 40.9 Å². The van der Waals surface area contributed by atoms with E-state index in [4.69, 9.17) is 10.5 Å². The van der Waals surface area contributed by atoms with Gasteiger partial charge in [-0.1, -0.05) is 29.8 Å². The van der Waals surface area contributed by atoms with Crippen LogP contribution < -0.4 is 0 Å². The van der Waals surface area contributed by atoms with Gasteiger partial charge >= 0.3 is 0 Å². The molecular formula is C16H17N3S. The first-order valence-electron chi connectivity index (χ1n) is 6.08. The standard InChI is InChI=1S/C16H17N3S/c1-12-5-7-13(8-6-12)15(14(10-17)11-18)9-16(20-4)19(2)3/h5-9H,1-4H3/b16-9+. The minimum Gasteiger partial charge on any atom is -0.372 e. The Hall–Kier alpha value is -2.17. The summed E-state index contributed by atoms with van der Waals surface area (Å²) in [7, 11) is 3.88. The minimum atomic E-state index is 0.127. The highest BCUT2D eigenvalue weighted by Crippen LogP contribution is 2.26. The van der Waals surface area contributed by atoms with Crippen LogP contribution in [0.1, 0.15) is 11.1 Å². The van der Waals surface area contributed by atoms with Gasteiger partial charge in [0.1, 0.15) is 17.7 Å². The quantitative estimate of drug-likeness (QED) is 0.626. The number of hydrogen-bond donors (Lipinski definition) is 0. The molecule has 1 aromatic carbocycles. The van der Waals surface area contributed by atoms with Crippen LogP contribution in [0.2, 0.25) is 0 Å². The maximum atomic E-state index is 9.16. The van der Waals surface area contributed by atoms with Crippen molar-refractivity contribution in [2.45, 2.75) is 6.92 Å². The highest BCUT2D eigenvalue weighted by atomic mass is 32.2. The zero-order valence-corrected chi connectivity index (χ0v) is 13.0. The molecule has 0 aliphatic carbocycles. The maximum absolute atomic E-state index is 9.16. The van der Waals surface area contributed by atoms with E-state index in [0.29, 0.717) is 5.57 Å². The molecule has 0 aliphatic heterocycles. The predicted molar refractivity (Wildman–Crippen MR) is 84.6 cm³/mol. The van der Waals surface area contributed by atoms with Gasteiger partial charge in [0.2, 0.25) is 0 Å². The molecule has 20 heavy (non-hydrogen) atoms. The van der Waals surface area contributed by atoms with Gasteiger partial charge in [0.05, 0.1) is 5.03 Å². The SMILES string of the molecule is CS/C(=C/C(=C(C#N)C#N)c1ccc(C)cc1)N(C)C. The lowest BCUT2D eigenvalue weighted by atomic mass is 10.00. The summed E-state index contributed by atoms with van der Waals surface area (Å²) in [5, 5.41) is 19.3. The maximum Gasteiger partial charge on any atom is 0.137 e. The third kappa shape index (κ3) is 3.91. The van der Waals surface area contributed by atoms with Crippen LogP contribution in [0.5, 0.6) is 0 Å². The number of nitrogens with zero attached hydrogens (tertiary/aromatic N) is 3. The lowest BCUT2D eigenvalue weighted by molar-refractivity contribution is 0.551. The molecule has 0 atom stereocenters. The molecule has 0 unspecified atom stereocenters. The van der Waals surface area contributed by atoms with Crippen LogP contribution in [-0.2, 0) is 0 Å². The van der Waals surface area contributed by atoms with E-state index < -0.39 is 0 Å². The molecule has 0 bridgehead atoms. The molecule has 0 N–H and O–H groups in total. The largest absolute Gasteiger partial charge is 0.372 e. The smallest absolute Gasteiger partial charge is 0.137 e. The van der Waals surface area contributed by atoms with Crippen LogP contribution in [0, 0.1) is 29.6 Å². The molecule has 0 radical (unpaired) electrons. The molecule has 1 rings (SSSR count). The van der Waals surface area contributed by atoms with E-state index in [1.807, 2.05) is 74.7 Å². The van der Waals surface area contributed by atoms with Gasteiger partial charge < -0.3 is 4.90 Å². The van der Waals surface area contributed by atoms with Crippen LogP contribution in [0.3, 0.4) is 0 Å². The minimum absolute atomic E-state index is 0.127. The Morgan fingerprint density at radius 2 is 1.70 bits per heavy atom. The summed E-state index contributed by atoms with van der Waals surface area (Å²) in [5.74, 6) is 0. The second-order valence-electron chi connectivity index (χ2n) is 4.46. The Morgan fingerprint density at radius 1 is 1.15 bits per heavy atom. The number of rotatable bonds is 4. The summed E-state index contributed by atoms with van der Waals surface area (Å²) in [5.41, 5.74) is 2.81. The summed E-state index contributed by atoms with van der Waals surface area (Å²) < 4.78 is 0. The molecular weight excluding hydrogens is 266 g/mol. The Balaban J connectivity index is 3.47. The zero-order valence-electron chi connectivity index (χ0n) is 12.1. The Morgan fingerprint density at radius 3 is 2.10 bits per heavy atom. The first-order chi connectivity index (χ1) is 9.53. The van der Waals surface area contributed by atoms with Crippen LogP contribution in [0.4, 0.5) is 0 Å². The first-order valence-corrected chi connectivity index (χ1v) is 7.30. The number of aryl methyl sites for hydroxylation is 1. The van der Waals surface area contributed by atoms with Crippen molar-refractivity contribution in [3.8, 4) is 12.1 Å². The number of benzene rings is 1. The average molecular weight is 283 g/mol. The fourth-order valence-electron chi connectivity index (χ4n) is 1.67. The van der Waals surface area contributed by atoms with Crippen molar-refractivity contribution in [2.75, 3.05) is 20.4 Å². The monoisotopic (exact) mass is 283 g/mol. The number of thioether (sulfide) groups is 1. The van der Waals surface area contributed by atoms with Gasteiger partial charge in [-0.3, -0.25) is 0 Å². The van der Waals surface area contributed by atoms with Crippen molar-refractivity contribution >= 4 is 17.3 Å². The normalized spacial score (nSPS) is 10.4. The van der Waals surface area contributed by atoms with E-state index in [2.05, 4.69) is 0 Å². The van der Waals surface area contributed by atoms with Crippen molar-refractivity contribution < 1.29 is 0 Å². The van der Waals surface area contributed by atoms with Crippen molar-refractivity contribution in [2.24, 2.45) is 0 Å². The average Bonchev–Trinajstić information content (AvgIpc) is 2.44. The summed E-state index contributed by atoms with van der Waals surface area (Å²) in [6.45, 7) is 2.01. The molecule has 1 aromatic rings. The molecule has 102 valence electrons. The summed E-state index contributed by atoms with van der Waals surface area (Å²) >= 11 is 1.58. The van der Waals surface area contributed by atoms with Crippen LogP contribution >= 0.6 is 11.8 Å². The topological polar surface area (TPSA) is 50.8 Å². The Kier molecular flexibility index (Phi) is 5.90. The van der Waals surface area contributed by atoms with E-state index in [1.165, 1.54) is 0 Å². The third-order valence-electron chi connectivity index (χ3n) is 2.77. The Labute approximate surface area is 124 Å². The molecule has 0 aliphatic rings. The van der Waals surface area contributed by atoms with Gasteiger partial charge in [-0.15, -0.1) is 11.8 Å². The van der Waals surface area contributed by atoms with Crippen molar-refractivity contribution in [3.63, 3.8) is 0 Å². The molecule has 3 nitrogen and oxygen atoms in total. The van der Waals surface area contributed by atoms with E-state index in [0.717, 1.165) is 16.2 Å². The molecule has 0 amide bonds. The van der Waals surface area contributed by atoms with Crippen LogP contribution in [0.25, 0.3) is 5.57 Å². The number of hydrogen-bond acceptors (Lipinski definition) is 4. The van der Waals surface area contributed by atoms with Gasteiger partial charge in [-0.25, -0.2) is 0 Å². The van der Waals surface area contributed by atoms with Crippen molar-refractivity contribution in [1.29, 1.82) is 10.5 Å². The summed E-state index contributed by atoms with van der Waals surface area (Å²) in [6, 6.07) is 11.8. The molecule has 4 heteroatoms. The fourth-order valence-corrected chi connectivity index (χ4v) is 2.27. The molecule has 0 saturated heterocycles. The van der Waals surface area contributed by atoms with Gasteiger partial charge in [0.25, 0.3) is 0 Å². The van der Waals surface area contributed by atoms with E-state index >= 15 is 0 Å². The number of nitriles is 2. The first kappa shape index (κ1) is 15.9. The van der Waals surface area contributed by atoms with Crippen molar-refractivity contribution in [3.05, 3.63) is 52.1 Å². The predicted octanol–water partition coefficient (Wildman–Crippen LogP) is 3.56. The zero-order chi connectivity index (χ0) is 15.1. The molecule has 0 spiro atoms. The van der Waals surface area contributed by atoms with Gasteiger partial charge in [-0.2, -0.15) is 10.5 Å². The van der Waals surface area contributed by atoms with Crippen LogP contribution in [-0.4, -0.2) is 25.3 Å². The van der Waals surface area contributed by atoms with E-state index in [9.17, 15) is 0 Å². The second kappa shape index (κ2) is 7.43. The Bertz CT molecular complexity index is 595. The lowest BCUT2D eigenvalue weighted by Crippen LogP contribution is -2.08. The van der Waals surface area contributed by atoms with E-state index in [-0.39, 0.29) is 5.57 Å². The van der Waals surface area contributed by atoms with Gasteiger partial charge in [0, 0.05) is 19.7 Å². The van der Waals surface area contributed by atoms with E-state index in [1.54, 1.807) is 11.8 Å². The third-order valence-corrected chi connectivity index (χ3v) is 3.67. The second-order valence-corrected chi connectivity index (χ2v) is 5.29. The summed E-state index contributed by atoms with van der Waals surface area (Å²) in [4.78, 5) is 1.96. The molecule has 0 fully saturated rings.